The molecule has 3 aromatic carbocycles. The van der Waals surface area contributed by atoms with Gasteiger partial charge in [-0.25, -0.2) is 13.8 Å². The first-order valence-electron chi connectivity index (χ1n) is 10.4. The van der Waals surface area contributed by atoms with Crippen molar-refractivity contribution in [1.82, 2.24) is 9.88 Å². The minimum absolute atomic E-state index is 0.0534. The highest BCUT2D eigenvalue weighted by Gasteiger charge is 2.33. The smallest absolute Gasteiger partial charge is 0.233 e. The topological polar surface area (TPSA) is 46.3 Å². The predicted octanol–water partition coefficient (Wildman–Crippen LogP) is 6.23. The van der Waals surface area contributed by atoms with E-state index in [2.05, 4.69) is 4.98 Å². The van der Waals surface area contributed by atoms with Crippen LogP contribution in [0.4, 0.5) is 8.78 Å². The molecule has 1 aliphatic heterocycles. The Hall–Kier alpha value is -3.19. The van der Waals surface area contributed by atoms with Crippen molar-refractivity contribution in [3.05, 3.63) is 84.3 Å². The van der Waals surface area contributed by atoms with Gasteiger partial charge in [0.1, 0.15) is 23.2 Å². The summed E-state index contributed by atoms with van der Waals surface area (Å²) < 4.78 is 33.4. The molecule has 0 N–H and O–H groups in total. The molecule has 0 spiro atoms. The zero-order chi connectivity index (χ0) is 22.1. The maximum absolute atomic E-state index is 14.2. The molecule has 1 atom stereocenters. The second kappa shape index (κ2) is 8.74. The number of thioether (sulfide) groups is 1. The number of hydrogen-bond donors (Lipinski definition) is 0. The summed E-state index contributed by atoms with van der Waals surface area (Å²) in [5.74, 6) is -0.344. The van der Waals surface area contributed by atoms with Gasteiger partial charge in [0.25, 0.3) is 0 Å². The van der Waals surface area contributed by atoms with Crippen LogP contribution in [0.15, 0.2) is 76.0 Å². The highest BCUT2D eigenvalue weighted by molar-refractivity contribution is 8.00. The van der Waals surface area contributed by atoms with Crippen LogP contribution in [0, 0.1) is 11.6 Å². The molecular weight excluding hydrogens is 430 g/mol. The minimum atomic E-state index is -0.628. The van der Waals surface area contributed by atoms with Crippen molar-refractivity contribution in [3.63, 3.8) is 0 Å². The van der Waals surface area contributed by atoms with Crippen LogP contribution in [0.5, 0.6) is 0 Å². The first kappa shape index (κ1) is 20.7. The SMILES string of the molecule is O=C(CSc1ccccc1)N1CCC[C@H]1c1nc2cc(-c3ccc(F)cc3F)ccc2o1. The van der Waals surface area contributed by atoms with Crippen molar-refractivity contribution in [2.24, 2.45) is 0 Å². The Morgan fingerprint density at radius 2 is 1.94 bits per heavy atom. The molecule has 4 aromatic rings. The number of carbonyl (C=O) groups is 1. The van der Waals surface area contributed by atoms with Gasteiger partial charge in [-0.05, 0) is 54.8 Å². The number of halogens is 2. The lowest BCUT2D eigenvalue weighted by Crippen LogP contribution is -2.32. The van der Waals surface area contributed by atoms with E-state index in [4.69, 9.17) is 4.42 Å². The number of likely N-dealkylation sites (tertiary alicyclic amines) is 1. The van der Waals surface area contributed by atoms with Gasteiger partial charge in [-0.2, -0.15) is 0 Å². The summed E-state index contributed by atoms with van der Waals surface area (Å²) in [5.41, 5.74) is 2.05. The van der Waals surface area contributed by atoms with E-state index in [1.54, 1.807) is 18.2 Å². The molecule has 32 heavy (non-hydrogen) atoms. The number of benzene rings is 3. The summed E-state index contributed by atoms with van der Waals surface area (Å²) in [7, 11) is 0. The Kier molecular flexibility index (Phi) is 5.66. The first-order chi connectivity index (χ1) is 15.6. The van der Waals surface area contributed by atoms with Crippen LogP contribution in [0.1, 0.15) is 24.8 Å². The van der Waals surface area contributed by atoms with Crippen molar-refractivity contribution in [3.8, 4) is 11.1 Å². The first-order valence-corrected chi connectivity index (χ1v) is 11.4. The fraction of sp³-hybridized carbons (Fsp3) is 0.200. The minimum Gasteiger partial charge on any atom is -0.438 e. The molecule has 0 aliphatic carbocycles. The van der Waals surface area contributed by atoms with E-state index in [0.717, 1.165) is 23.8 Å². The molecule has 0 saturated carbocycles. The van der Waals surface area contributed by atoms with E-state index in [-0.39, 0.29) is 11.9 Å². The monoisotopic (exact) mass is 450 g/mol. The maximum atomic E-state index is 14.2. The van der Waals surface area contributed by atoms with Crippen molar-refractivity contribution in [2.75, 3.05) is 12.3 Å². The number of hydrogen-bond acceptors (Lipinski definition) is 4. The van der Waals surface area contributed by atoms with Crippen molar-refractivity contribution in [2.45, 2.75) is 23.8 Å². The molecule has 1 fully saturated rings. The fourth-order valence-corrected chi connectivity index (χ4v) is 4.85. The van der Waals surface area contributed by atoms with Crippen LogP contribution in [0.3, 0.4) is 0 Å². The van der Waals surface area contributed by atoms with Gasteiger partial charge >= 0.3 is 0 Å². The lowest BCUT2D eigenvalue weighted by molar-refractivity contribution is -0.129. The zero-order valence-corrected chi connectivity index (χ0v) is 17.9. The highest BCUT2D eigenvalue weighted by atomic mass is 32.2. The Bertz CT molecular complexity index is 1280. The molecule has 0 unspecified atom stereocenters. The number of oxazole rings is 1. The van der Waals surface area contributed by atoms with Gasteiger partial charge in [0.2, 0.25) is 11.8 Å². The number of rotatable bonds is 5. The molecule has 7 heteroatoms. The van der Waals surface area contributed by atoms with Crippen molar-refractivity contribution < 1.29 is 18.0 Å². The van der Waals surface area contributed by atoms with E-state index < -0.39 is 11.6 Å². The summed E-state index contributed by atoms with van der Waals surface area (Å²) in [6, 6.07) is 18.3. The van der Waals surface area contributed by atoms with E-state index in [9.17, 15) is 13.6 Å². The summed E-state index contributed by atoms with van der Waals surface area (Å²) >= 11 is 1.52. The molecular formula is C25H20F2N2O2S. The molecule has 1 aromatic heterocycles. The van der Waals surface area contributed by atoms with Gasteiger partial charge in [-0.1, -0.05) is 24.3 Å². The van der Waals surface area contributed by atoms with Gasteiger partial charge in [0.05, 0.1) is 5.75 Å². The second-order valence-electron chi connectivity index (χ2n) is 7.71. The molecule has 4 nitrogen and oxygen atoms in total. The molecule has 1 amide bonds. The summed E-state index contributed by atoms with van der Waals surface area (Å²) in [6.45, 7) is 0.670. The molecule has 162 valence electrons. The van der Waals surface area contributed by atoms with E-state index >= 15 is 0 Å². The normalized spacial score (nSPS) is 16.1. The Labute approximate surface area is 188 Å². The molecule has 5 rings (SSSR count). The molecule has 1 saturated heterocycles. The van der Waals surface area contributed by atoms with Crippen LogP contribution in [0.2, 0.25) is 0 Å². The third kappa shape index (κ3) is 4.12. The fourth-order valence-electron chi connectivity index (χ4n) is 4.05. The third-order valence-corrected chi connectivity index (χ3v) is 6.61. The van der Waals surface area contributed by atoms with Gasteiger partial charge in [0, 0.05) is 23.1 Å². The average Bonchev–Trinajstić information content (AvgIpc) is 3.44. The molecule has 2 heterocycles. The highest BCUT2D eigenvalue weighted by Crippen LogP contribution is 2.35. The predicted molar refractivity (Wildman–Crippen MR) is 120 cm³/mol. The second-order valence-corrected chi connectivity index (χ2v) is 8.75. The van der Waals surface area contributed by atoms with Crippen LogP contribution < -0.4 is 0 Å². The van der Waals surface area contributed by atoms with Crippen LogP contribution in [-0.4, -0.2) is 28.1 Å². The van der Waals surface area contributed by atoms with E-state index in [1.807, 2.05) is 35.2 Å². The Balaban J connectivity index is 1.37. The van der Waals surface area contributed by atoms with Crippen molar-refractivity contribution in [1.29, 1.82) is 0 Å². The van der Waals surface area contributed by atoms with Crippen LogP contribution >= 0.6 is 11.8 Å². The van der Waals surface area contributed by atoms with Crippen LogP contribution in [0.25, 0.3) is 22.2 Å². The number of carbonyl (C=O) groups excluding carboxylic acids is 1. The molecule has 0 radical (unpaired) electrons. The summed E-state index contributed by atoms with van der Waals surface area (Å²) in [4.78, 5) is 20.4. The van der Waals surface area contributed by atoms with E-state index in [1.165, 1.54) is 23.9 Å². The quantitative estimate of drug-likeness (QED) is 0.338. The van der Waals surface area contributed by atoms with E-state index in [0.29, 0.717) is 40.4 Å². The van der Waals surface area contributed by atoms with Gasteiger partial charge in [-0.15, -0.1) is 11.8 Å². The largest absolute Gasteiger partial charge is 0.438 e. The standard InChI is InChI=1S/C25H20F2N2O2S/c26-17-9-10-19(20(27)14-17)16-8-11-23-21(13-16)28-25(31-23)22-7-4-12-29(22)24(30)15-32-18-5-2-1-3-6-18/h1-3,5-6,8-11,13-14,22H,4,7,12,15H2/t22-/m0/s1. The maximum Gasteiger partial charge on any atom is 0.233 e. The lowest BCUT2D eigenvalue weighted by Gasteiger charge is -2.22. The molecule has 1 aliphatic rings. The number of amides is 1. The number of nitrogens with zero attached hydrogens (tertiary/aromatic N) is 2. The van der Waals surface area contributed by atoms with Gasteiger partial charge in [-0.3, -0.25) is 4.79 Å². The molecule has 0 bridgehead atoms. The Morgan fingerprint density at radius 3 is 2.75 bits per heavy atom. The zero-order valence-electron chi connectivity index (χ0n) is 17.1. The van der Waals surface area contributed by atoms with Gasteiger partial charge < -0.3 is 9.32 Å². The summed E-state index contributed by atoms with van der Waals surface area (Å²) in [5, 5.41) is 0. The summed E-state index contributed by atoms with van der Waals surface area (Å²) in [6.07, 6.45) is 1.67. The average molecular weight is 451 g/mol. The number of aromatic nitrogens is 1. The Morgan fingerprint density at radius 1 is 1.09 bits per heavy atom. The lowest BCUT2D eigenvalue weighted by atomic mass is 10.0. The van der Waals surface area contributed by atoms with Crippen molar-refractivity contribution >= 4 is 28.8 Å². The van der Waals surface area contributed by atoms with Crippen LogP contribution in [-0.2, 0) is 4.79 Å². The van der Waals surface area contributed by atoms with Gasteiger partial charge in [0.15, 0.2) is 5.58 Å². The third-order valence-electron chi connectivity index (χ3n) is 5.61. The number of fused-ring (bicyclic) bond motifs is 1.